The number of amides is 1. The van der Waals surface area contributed by atoms with Gasteiger partial charge in [-0.2, -0.15) is 0 Å². The first-order chi connectivity index (χ1) is 12.3. The number of thiophene rings is 1. The molecule has 9 heteroatoms. The average molecular weight is 408 g/mol. The number of rotatable bonds is 5. The molecule has 0 radical (unpaired) electrons. The van der Waals surface area contributed by atoms with Crippen molar-refractivity contribution in [1.29, 1.82) is 0 Å². The molecule has 0 unspecified atom stereocenters. The fourth-order valence-electron chi connectivity index (χ4n) is 2.25. The average Bonchev–Trinajstić information content (AvgIpc) is 3.03. The number of nitrogens with zero attached hydrogens (tertiary/aromatic N) is 1. The van der Waals surface area contributed by atoms with Crippen LogP contribution in [0.3, 0.4) is 0 Å². The van der Waals surface area contributed by atoms with Crippen molar-refractivity contribution in [2.75, 3.05) is 16.3 Å². The molecular formula is C17H14ClN3O3S2. The molecule has 0 saturated carbocycles. The summed E-state index contributed by atoms with van der Waals surface area (Å²) >= 11 is 7.29. The normalized spacial score (nSPS) is 11.2. The van der Waals surface area contributed by atoms with Crippen molar-refractivity contribution in [2.24, 2.45) is 0 Å². The summed E-state index contributed by atoms with van der Waals surface area (Å²) in [6.07, 6.45) is 2.73. The first-order valence-corrected chi connectivity index (χ1v) is 10.5. The third-order valence-corrected chi connectivity index (χ3v) is 5.00. The smallest absolute Gasteiger partial charge is 0.265 e. The summed E-state index contributed by atoms with van der Waals surface area (Å²) in [6.45, 7) is 0. The van der Waals surface area contributed by atoms with Gasteiger partial charge in [0.25, 0.3) is 5.91 Å². The number of aromatic nitrogens is 1. The zero-order valence-corrected chi connectivity index (χ0v) is 16.0. The lowest BCUT2D eigenvalue weighted by molar-refractivity contribution is 0.103. The van der Waals surface area contributed by atoms with E-state index in [1.807, 2.05) is 23.6 Å². The van der Waals surface area contributed by atoms with Crippen molar-refractivity contribution in [2.45, 2.75) is 0 Å². The van der Waals surface area contributed by atoms with Gasteiger partial charge in [-0.15, -0.1) is 11.3 Å². The highest BCUT2D eigenvalue weighted by Crippen LogP contribution is 2.27. The highest BCUT2D eigenvalue weighted by Gasteiger charge is 2.12. The predicted molar refractivity (Wildman–Crippen MR) is 105 cm³/mol. The third kappa shape index (κ3) is 4.81. The van der Waals surface area contributed by atoms with E-state index in [1.54, 1.807) is 18.3 Å². The number of benzene rings is 1. The molecule has 1 amide bonds. The van der Waals surface area contributed by atoms with Gasteiger partial charge >= 0.3 is 0 Å². The lowest BCUT2D eigenvalue weighted by Gasteiger charge is -2.09. The monoisotopic (exact) mass is 407 g/mol. The summed E-state index contributed by atoms with van der Waals surface area (Å²) in [7, 11) is -3.44. The number of nitrogens with one attached hydrogen (secondary N) is 2. The minimum Gasteiger partial charge on any atom is -0.321 e. The van der Waals surface area contributed by atoms with Crippen LogP contribution < -0.4 is 10.0 Å². The number of anilines is 2. The molecule has 0 saturated heterocycles. The maximum atomic E-state index is 12.5. The summed E-state index contributed by atoms with van der Waals surface area (Å²) in [5.74, 6) is -0.315. The molecule has 6 nitrogen and oxygen atoms in total. The fraction of sp³-hybridized carbons (Fsp3) is 0.0588. The van der Waals surface area contributed by atoms with Gasteiger partial charge in [0.05, 0.1) is 22.5 Å². The molecule has 2 aromatic heterocycles. The first kappa shape index (κ1) is 18.4. The second-order valence-corrected chi connectivity index (χ2v) is 8.57. The van der Waals surface area contributed by atoms with Crippen LogP contribution in [0.15, 0.2) is 54.0 Å². The Kier molecular flexibility index (Phi) is 5.26. The summed E-state index contributed by atoms with van der Waals surface area (Å²) < 4.78 is 25.0. The van der Waals surface area contributed by atoms with Crippen LogP contribution in [0.25, 0.3) is 11.3 Å². The van der Waals surface area contributed by atoms with Crippen LogP contribution in [0, 0.1) is 0 Å². The van der Waals surface area contributed by atoms with Crippen LogP contribution in [0.2, 0.25) is 5.02 Å². The van der Waals surface area contributed by atoms with Crippen LogP contribution in [-0.2, 0) is 10.0 Å². The van der Waals surface area contributed by atoms with Crippen molar-refractivity contribution in [3.05, 3.63) is 63.9 Å². The molecule has 0 aliphatic rings. The Bertz CT molecular complexity index is 1050. The molecule has 1 aromatic carbocycles. The third-order valence-electron chi connectivity index (χ3n) is 3.24. The summed E-state index contributed by atoms with van der Waals surface area (Å²) in [5.41, 5.74) is 2.30. The maximum absolute atomic E-state index is 12.5. The Morgan fingerprint density at radius 1 is 1.15 bits per heavy atom. The number of hydrogen-bond acceptors (Lipinski definition) is 5. The van der Waals surface area contributed by atoms with Gasteiger partial charge in [0.1, 0.15) is 0 Å². The minimum atomic E-state index is -3.44. The van der Waals surface area contributed by atoms with Crippen molar-refractivity contribution in [3.8, 4) is 11.3 Å². The van der Waals surface area contributed by atoms with Crippen LogP contribution >= 0.6 is 22.9 Å². The van der Waals surface area contributed by atoms with Crippen LogP contribution in [0.1, 0.15) is 9.67 Å². The summed E-state index contributed by atoms with van der Waals surface area (Å²) in [6, 6.07) is 11.8. The Labute approximate surface area is 159 Å². The Balaban J connectivity index is 1.79. The highest BCUT2D eigenvalue weighted by atomic mass is 35.5. The number of hydrogen-bond donors (Lipinski definition) is 2. The molecule has 0 bridgehead atoms. The number of carbonyl (C=O) groups excluding carboxylic acids is 1. The van der Waals surface area contributed by atoms with Gasteiger partial charge in [-0.1, -0.05) is 17.7 Å². The van der Waals surface area contributed by atoms with E-state index < -0.39 is 10.0 Å². The molecule has 3 aromatic rings. The van der Waals surface area contributed by atoms with E-state index in [2.05, 4.69) is 15.0 Å². The van der Waals surface area contributed by atoms with Crippen molar-refractivity contribution < 1.29 is 13.2 Å². The van der Waals surface area contributed by atoms with Gasteiger partial charge in [0.15, 0.2) is 0 Å². The lowest BCUT2D eigenvalue weighted by atomic mass is 10.2. The van der Waals surface area contributed by atoms with E-state index in [4.69, 9.17) is 11.6 Å². The lowest BCUT2D eigenvalue weighted by Crippen LogP contribution is -2.12. The predicted octanol–water partition coefficient (Wildman–Crippen LogP) is 4.09. The van der Waals surface area contributed by atoms with Crippen molar-refractivity contribution in [1.82, 2.24) is 4.98 Å². The molecule has 0 spiro atoms. The molecule has 0 aliphatic heterocycles. The molecule has 0 fully saturated rings. The van der Waals surface area contributed by atoms with E-state index in [9.17, 15) is 13.2 Å². The zero-order chi connectivity index (χ0) is 18.7. The van der Waals surface area contributed by atoms with E-state index in [-0.39, 0.29) is 11.6 Å². The topological polar surface area (TPSA) is 88.2 Å². The molecule has 26 heavy (non-hydrogen) atoms. The molecule has 134 valence electrons. The molecule has 2 N–H and O–H groups in total. The fourth-order valence-corrected chi connectivity index (χ4v) is 3.83. The van der Waals surface area contributed by atoms with E-state index >= 15 is 0 Å². The quantitative estimate of drug-likeness (QED) is 0.666. The second kappa shape index (κ2) is 7.45. The molecule has 0 aliphatic carbocycles. The SMILES string of the molecule is CS(=O)(=O)Nc1cc(Cl)cc(NC(=O)c2cc(-c3ccccn3)cs2)c1. The number of pyridine rings is 1. The van der Waals surface area contributed by atoms with Gasteiger partial charge in [-0.3, -0.25) is 14.5 Å². The van der Waals surface area contributed by atoms with Crippen molar-refractivity contribution >= 4 is 50.2 Å². The Morgan fingerprint density at radius 2 is 1.92 bits per heavy atom. The highest BCUT2D eigenvalue weighted by molar-refractivity contribution is 7.92. The van der Waals surface area contributed by atoms with Crippen LogP contribution in [0.4, 0.5) is 11.4 Å². The zero-order valence-electron chi connectivity index (χ0n) is 13.6. The molecule has 0 atom stereocenters. The summed E-state index contributed by atoms with van der Waals surface area (Å²) in [5, 5.41) is 4.88. The molecule has 2 heterocycles. The van der Waals surface area contributed by atoms with Gasteiger partial charge < -0.3 is 5.32 Å². The van der Waals surface area contributed by atoms with E-state index in [1.165, 1.54) is 23.5 Å². The standard InChI is InChI=1S/C17H14ClN3O3S2/c1-26(23,24)21-14-8-12(18)7-13(9-14)20-17(22)16-6-11(10-25-16)15-4-2-3-5-19-15/h2-10,21H,1H3,(H,20,22). The largest absolute Gasteiger partial charge is 0.321 e. The first-order valence-electron chi connectivity index (χ1n) is 7.40. The summed E-state index contributed by atoms with van der Waals surface area (Å²) in [4.78, 5) is 17.2. The number of carbonyl (C=O) groups is 1. The molecule has 3 rings (SSSR count). The van der Waals surface area contributed by atoms with Crippen LogP contribution in [-0.4, -0.2) is 25.6 Å². The van der Waals surface area contributed by atoms with E-state index in [0.717, 1.165) is 17.5 Å². The van der Waals surface area contributed by atoms with Crippen LogP contribution in [0.5, 0.6) is 0 Å². The van der Waals surface area contributed by atoms with Crippen molar-refractivity contribution in [3.63, 3.8) is 0 Å². The van der Waals surface area contributed by atoms with Gasteiger partial charge in [0, 0.05) is 27.9 Å². The van der Waals surface area contributed by atoms with Gasteiger partial charge in [-0.25, -0.2) is 8.42 Å². The number of sulfonamides is 1. The van der Waals surface area contributed by atoms with Gasteiger partial charge in [-0.05, 0) is 36.4 Å². The Morgan fingerprint density at radius 3 is 2.62 bits per heavy atom. The minimum absolute atomic E-state index is 0.274. The number of halogens is 1. The second-order valence-electron chi connectivity index (χ2n) is 5.47. The van der Waals surface area contributed by atoms with E-state index in [0.29, 0.717) is 15.6 Å². The maximum Gasteiger partial charge on any atom is 0.265 e. The molecular weight excluding hydrogens is 394 g/mol. The van der Waals surface area contributed by atoms with Gasteiger partial charge in [0.2, 0.25) is 10.0 Å². The Hall–Kier alpha value is -2.42.